The van der Waals surface area contributed by atoms with Crippen molar-refractivity contribution in [2.75, 3.05) is 13.3 Å². The number of hydrogen-bond donors (Lipinski definition) is 2. The van der Waals surface area contributed by atoms with E-state index in [9.17, 15) is 5.11 Å². The van der Waals surface area contributed by atoms with Crippen LogP contribution in [0.4, 0.5) is 0 Å². The van der Waals surface area contributed by atoms with Gasteiger partial charge in [-0.3, -0.25) is 4.98 Å². The highest BCUT2D eigenvalue weighted by Gasteiger charge is 2.16. The summed E-state index contributed by atoms with van der Waals surface area (Å²) in [5.41, 5.74) is 3.14. The number of nitrogens with one attached hydrogen (secondary N) is 1. The Bertz CT molecular complexity index is 631. The lowest BCUT2D eigenvalue weighted by Gasteiger charge is -2.13. The number of aromatic nitrogens is 1. The van der Waals surface area contributed by atoms with E-state index in [-0.39, 0.29) is 6.79 Å². The Morgan fingerprint density at radius 1 is 1.29 bits per heavy atom. The second-order valence-corrected chi connectivity index (χ2v) is 5.06. The van der Waals surface area contributed by atoms with Crippen LogP contribution in [0.2, 0.25) is 0 Å². The zero-order chi connectivity index (χ0) is 14.7. The van der Waals surface area contributed by atoms with Crippen LogP contribution in [-0.4, -0.2) is 23.4 Å². The lowest BCUT2D eigenvalue weighted by molar-refractivity contribution is 0.170. The first kappa shape index (κ1) is 13.9. The van der Waals surface area contributed by atoms with Crippen molar-refractivity contribution in [2.24, 2.45) is 0 Å². The van der Waals surface area contributed by atoms with Crippen molar-refractivity contribution < 1.29 is 14.6 Å². The lowest BCUT2D eigenvalue weighted by Crippen LogP contribution is -2.21. The molecule has 0 fully saturated rings. The summed E-state index contributed by atoms with van der Waals surface area (Å²) in [7, 11) is 0. The third-order valence-electron chi connectivity index (χ3n) is 3.57. The van der Waals surface area contributed by atoms with Gasteiger partial charge in [-0.25, -0.2) is 0 Å². The van der Waals surface area contributed by atoms with Crippen LogP contribution in [0.15, 0.2) is 36.7 Å². The first-order chi connectivity index (χ1) is 10.2. The van der Waals surface area contributed by atoms with E-state index in [1.165, 1.54) is 5.56 Å². The minimum absolute atomic E-state index is 0.244. The second-order valence-electron chi connectivity index (χ2n) is 5.06. The monoisotopic (exact) mass is 286 g/mol. The Morgan fingerprint density at radius 2 is 2.14 bits per heavy atom. The number of ether oxygens (including phenoxy) is 2. The minimum Gasteiger partial charge on any atom is -0.454 e. The van der Waals surface area contributed by atoms with Crippen LogP contribution in [0, 0.1) is 6.92 Å². The van der Waals surface area contributed by atoms with E-state index < -0.39 is 6.10 Å². The highest BCUT2D eigenvalue weighted by Crippen LogP contribution is 2.34. The molecule has 2 N–H and O–H groups in total. The van der Waals surface area contributed by atoms with Crippen molar-refractivity contribution >= 4 is 0 Å². The highest BCUT2D eigenvalue weighted by atomic mass is 16.7. The van der Waals surface area contributed by atoms with Gasteiger partial charge >= 0.3 is 0 Å². The molecule has 2 heterocycles. The Hall–Kier alpha value is -2.11. The molecular weight excluding hydrogens is 268 g/mol. The molecular formula is C16H18N2O3. The van der Waals surface area contributed by atoms with Crippen LogP contribution in [0.5, 0.6) is 11.5 Å². The van der Waals surface area contributed by atoms with Gasteiger partial charge in [0.1, 0.15) is 0 Å². The van der Waals surface area contributed by atoms with E-state index in [0.717, 1.165) is 16.9 Å². The molecule has 0 radical (unpaired) electrons. The van der Waals surface area contributed by atoms with E-state index in [1.54, 1.807) is 6.20 Å². The van der Waals surface area contributed by atoms with E-state index in [2.05, 4.69) is 10.3 Å². The fourth-order valence-electron chi connectivity index (χ4n) is 2.28. The highest BCUT2D eigenvalue weighted by molar-refractivity contribution is 5.45. The molecule has 0 aliphatic carbocycles. The summed E-state index contributed by atoms with van der Waals surface area (Å²) in [5, 5.41) is 13.5. The molecule has 0 saturated heterocycles. The quantitative estimate of drug-likeness (QED) is 0.879. The average Bonchev–Trinajstić information content (AvgIpc) is 2.96. The van der Waals surface area contributed by atoms with Gasteiger partial charge in [0.2, 0.25) is 6.79 Å². The molecule has 1 unspecified atom stereocenters. The number of benzene rings is 1. The van der Waals surface area contributed by atoms with Crippen molar-refractivity contribution in [3.63, 3.8) is 0 Å². The van der Waals surface area contributed by atoms with Crippen LogP contribution < -0.4 is 14.8 Å². The van der Waals surface area contributed by atoms with Crippen molar-refractivity contribution in [1.29, 1.82) is 0 Å². The molecule has 5 heteroatoms. The van der Waals surface area contributed by atoms with Gasteiger partial charge in [-0.05, 0) is 41.8 Å². The van der Waals surface area contributed by atoms with Crippen LogP contribution in [0.3, 0.4) is 0 Å². The molecule has 1 aliphatic heterocycles. The molecule has 3 rings (SSSR count). The summed E-state index contributed by atoms with van der Waals surface area (Å²) in [4.78, 5) is 4.07. The zero-order valence-electron chi connectivity index (χ0n) is 11.9. The largest absolute Gasteiger partial charge is 0.454 e. The van der Waals surface area contributed by atoms with Gasteiger partial charge in [0.25, 0.3) is 0 Å². The molecule has 0 saturated carbocycles. The summed E-state index contributed by atoms with van der Waals surface area (Å²) < 4.78 is 10.6. The Labute approximate surface area is 123 Å². The molecule has 5 nitrogen and oxygen atoms in total. The molecule has 1 aromatic heterocycles. The van der Waals surface area contributed by atoms with Crippen molar-refractivity contribution in [3.05, 3.63) is 53.3 Å². The fourth-order valence-corrected chi connectivity index (χ4v) is 2.28. The van der Waals surface area contributed by atoms with Gasteiger partial charge in [-0.2, -0.15) is 0 Å². The lowest BCUT2D eigenvalue weighted by atomic mass is 10.1. The molecule has 1 aliphatic rings. The zero-order valence-corrected chi connectivity index (χ0v) is 11.9. The molecule has 0 bridgehead atoms. The Morgan fingerprint density at radius 3 is 3.00 bits per heavy atom. The topological polar surface area (TPSA) is 63.6 Å². The molecule has 0 amide bonds. The van der Waals surface area contributed by atoms with Gasteiger partial charge in [0, 0.05) is 25.5 Å². The molecule has 110 valence electrons. The third-order valence-corrected chi connectivity index (χ3v) is 3.57. The summed E-state index contributed by atoms with van der Waals surface area (Å²) in [6.45, 7) is 3.45. The fraction of sp³-hybridized carbons (Fsp3) is 0.312. The van der Waals surface area contributed by atoms with Crippen LogP contribution >= 0.6 is 0 Å². The summed E-state index contributed by atoms with van der Waals surface area (Å²) in [6.07, 6.45) is 3.03. The molecule has 1 aromatic carbocycles. The molecule has 21 heavy (non-hydrogen) atoms. The van der Waals surface area contributed by atoms with Gasteiger partial charge in [-0.1, -0.05) is 6.07 Å². The average molecular weight is 286 g/mol. The number of hydrogen-bond acceptors (Lipinski definition) is 5. The normalized spacial score (nSPS) is 14.2. The predicted octanol–water partition coefficient (Wildman–Crippen LogP) is 1.94. The Kier molecular flexibility index (Phi) is 4.03. The number of nitrogens with zero attached hydrogens (tertiary/aromatic N) is 1. The van der Waals surface area contributed by atoms with E-state index >= 15 is 0 Å². The van der Waals surface area contributed by atoms with E-state index in [4.69, 9.17) is 9.47 Å². The molecule has 0 spiro atoms. The molecule has 1 atom stereocenters. The van der Waals surface area contributed by atoms with Crippen LogP contribution in [0.25, 0.3) is 0 Å². The number of rotatable bonds is 5. The van der Waals surface area contributed by atoms with E-state index in [1.807, 2.05) is 37.4 Å². The summed E-state index contributed by atoms with van der Waals surface area (Å²) in [5.74, 6) is 1.42. The smallest absolute Gasteiger partial charge is 0.231 e. The van der Waals surface area contributed by atoms with Gasteiger partial charge in [0.05, 0.1) is 6.10 Å². The van der Waals surface area contributed by atoms with E-state index in [0.29, 0.717) is 18.8 Å². The number of aliphatic hydroxyl groups excluding tert-OH is 1. The maximum Gasteiger partial charge on any atom is 0.231 e. The minimum atomic E-state index is -0.582. The standard InChI is InChI=1S/C16H18N2O3/c1-11-7-17-5-4-13(11)8-18-9-14(19)12-2-3-15-16(6-12)21-10-20-15/h2-7,14,18-19H,8-10H2,1H3. The van der Waals surface area contributed by atoms with Gasteiger partial charge < -0.3 is 19.9 Å². The van der Waals surface area contributed by atoms with Gasteiger partial charge in [0.15, 0.2) is 11.5 Å². The van der Waals surface area contributed by atoms with Crippen molar-refractivity contribution in [1.82, 2.24) is 10.3 Å². The first-order valence-electron chi connectivity index (χ1n) is 6.92. The van der Waals surface area contributed by atoms with Crippen molar-refractivity contribution in [3.8, 4) is 11.5 Å². The summed E-state index contributed by atoms with van der Waals surface area (Å²) in [6, 6.07) is 7.49. The maximum absolute atomic E-state index is 10.2. The molecule has 2 aromatic rings. The van der Waals surface area contributed by atoms with Crippen LogP contribution in [0.1, 0.15) is 22.8 Å². The van der Waals surface area contributed by atoms with Crippen LogP contribution in [-0.2, 0) is 6.54 Å². The maximum atomic E-state index is 10.2. The van der Waals surface area contributed by atoms with Gasteiger partial charge in [-0.15, -0.1) is 0 Å². The first-order valence-corrected chi connectivity index (χ1v) is 6.92. The number of aliphatic hydroxyl groups is 1. The summed E-state index contributed by atoms with van der Waals surface area (Å²) >= 11 is 0. The Balaban J connectivity index is 1.57. The van der Waals surface area contributed by atoms with Crippen molar-refractivity contribution in [2.45, 2.75) is 19.6 Å². The number of pyridine rings is 1. The third kappa shape index (κ3) is 3.15. The SMILES string of the molecule is Cc1cnccc1CNCC(O)c1ccc2c(c1)OCO2. The predicted molar refractivity (Wildman–Crippen MR) is 78.2 cm³/mol. The number of fused-ring (bicyclic) bond motifs is 1. The number of aryl methyl sites for hydroxylation is 1. The second kappa shape index (κ2) is 6.11.